The van der Waals surface area contributed by atoms with E-state index in [2.05, 4.69) is 38.6 Å². The van der Waals surface area contributed by atoms with Gasteiger partial charge in [-0.3, -0.25) is 0 Å². The molecule has 1 saturated heterocycles. The van der Waals surface area contributed by atoms with Gasteiger partial charge in [-0.1, -0.05) is 50.0 Å². The lowest BCUT2D eigenvalue weighted by molar-refractivity contribution is -0.204. The normalized spacial score (nSPS) is 23.1. The SMILES string of the molecule is C=C(C)CC(CCCCC1OCC(CCC2CCc3cc(CCCCC)ccc3C2)CO1)COC. The van der Waals surface area contributed by atoms with Gasteiger partial charge in [0.15, 0.2) is 6.29 Å². The first-order chi connectivity index (χ1) is 17.1. The predicted molar refractivity (Wildman–Crippen MR) is 147 cm³/mol. The first kappa shape index (κ1) is 28.4. The van der Waals surface area contributed by atoms with E-state index in [-0.39, 0.29) is 6.29 Å². The average Bonchev–Trinajstić information content (AvgIpc) is 2.86. The largest absolute Gasteiger partial charge is 0.384 e. The van der Waals surface area contributed by atoms with Gasteiger partial charge in [0.1, 0.15) is 0 Å². The molecule has 0 bridgehead atoms. The van der Waals surface area contributed by atoms with E-state index >= 15 is 0 Å². The number of rotatable bonds is 16. The Morgan fingerprint density at radius 1 is 1.03 bits per heavy atom. The van der Waals surface area contributed by atoms with E-state index in [1.807, 2.05) is 0 Å². The molecule has 2 aliphatic rings. The number of allylic oxidation sites excluding steroid dienone is 1. The van der Waals surface area contributed by atoms with Crippen molar-refractivity contribution in [2.45, 2.75) is 110 Å². The second-order valence-electron chi connectivity index (χ2n) is 11.5. The van der Waals surface area contributed by atoms with Crippen LogP contribution in [0.5, 0.6) is 0 Å². The Morgan fingerprint density at radius 3 is 2.57 bits per heavy atom. The van der Waals surface area contributed by atoms with E-state index in [0.717, 1.165) is 45.0 Å². The molecule has 1 aliphatic heterocycles. The highest BCUT2D eigenvalue weighted by atomic mass is 16.7. The number of benzene rings is 1. The van der Waals surface area contributed by atoms with E-state index in [0.29, 0.717) is 11.8 Å². The van der Waals surface area contributed by atoms with Crippen molar-refractivity contribution in [1.82, 2.24) is 0 Å². The van der Waals surface area contributed by atoms with Crippen molar-refractivity contribution in [3.63, 3.8) is 0 Å². The second-order valence-corrected chi connectivity index (χ2v) is 11.5. The van der Waals surface area contributed by atoms with Crippen LogP contribution in [0.1, 0.15) is 101 Å². The van der Waals surface area contributed by atoms with E-state index in [1.54, 1.807) is 23.8 Å². The molecule has 1 fully saturated rings. The van der Waals surface area contributed by atoms with Crippen LogP contribution in [0.15, 0.2) is 30.4 Å². The molecule has 3 nitrogen and oxygen atoms in total. The number of methoxy groups -OCH3 is 1. The molecule has 2 unspecified atom stereocenters. The molecule has 0 saturated carbocycles. The van der Waals surface area contributed by atoms with E-state index in [1.165, 1.54) is 76.2 Å². The number of hydrogen-bond donors (Lipinski definition) is 0. The lowest BCUT2D eigenvalue weighted by Crippen LogP contribution is -2.32. The zero-order valence-corrected chi connectivity index (χ0v) is 23.0. The van der Waals surface area contributed by atoms with Gasteiger partial charge in [0, 0.05) is 19.6 Å². The van der Waals surface area contributed by atoms with Gasteiger partial charge in [0.05, 0.1) is 13.2 Å². The molecule has 1 heterocycles. The van der Waals surface area contributed by atoms with Gasteiger partial charge in [-0.05, 0) is 106 Å². The van der Waals surface area contributed by atoms with Crippen molar-refractivity contribution in [1.29, 1.82) is 0 Å². The van der Waals surface area contributed by atoms with E-state index in [4.69, 9.17) is 14.2 Å². The number of unbranched alkanes of at least 4 members (excludes halogenated alkanes) is 3. The molecule has 35 heavy (non-hydrogen) atoms. The number of ether oxygens (including phenoxy) is 3. The average molecular weight is 485 g/mol. The molecule has 3 heteroatoms. The molecule has 0 amide bonds. The third kappa shape index (κ3) is 10.4. The summed E-state index contributed by atoms with van der Waals surface area (Å²) in [7, 11) is 1.80. The van der Waals surface area contributed by atoms with Gasteiger partial charge in [-0.15, -0.1) is 6.58 Å². The summed E-state index contributed by atoms with van der Waals surface area (Å²) in [5, 5.41) is 0. The molecule has 0 aromatic heterocycles. The Bertz CT molecular complexity index is 734. The molecule has 0 N–H and O–H groups in total. The van der Waals surface area contributed by atoms with Crippen molar-refractivity contribution in [3.05, 3.63) is 47.0 Å². The fraction of sp³-hybridized carbons (Fsp3) is 0.750. The van der Waals surface area contributed by atoms with Crippen LogP contribution in [0.4, 0.5) is 0 Å². The molecule has 1 aromatic carbocycles. The third-order valence-corrected chi connectivity index (χ3v) is 8.03. The van der Waals surface area contributed by atoms with Gasteiger partial charge in [0.2, 0.25) is 0 Å². The second kappa shape index (κ2) is 15.8. The van der Waals surface area contributed by atoms with E-state index < -0.39 is 0 Å². The van der Waals surface area contributed by atoms with Crippen molar-refractivity contribution < 1.29 is 14.2 Å². The van der Waals surface area contributed by atoms with Crippen LogP contribution in [0.2, 0.25) is 0 Å². The first-order valence-electron chi connectivity index (χ1n) is 14.5. The smallest absolute Gasteiger partial charge is 0.157 e. The van der Waals surface area contributed by atoms with Crippen molar-refractivity contribution in [2.75, 3.05) is 26.9 Å². The molecule has 1 aromatic rings. The quantitative estimate of drug-likeness (QED) is 0.175. The molecule has 198 valence electrons. The highest BCUT2D eigenvalue weighted by molar-refractivity contribution is 5.34. The highest BCUT2D eigenvalue weighted by Gasteiger charge is 2.25. The minimum absolute atomic E-state index is 0.00125. The summed E-state index contributed by atoms with van der Waals surface area (Å²) >= 11 is 0. The Labute approximate surface area is 216 Å². The van der Waals surface area contributed by atoms with Crippen LogP contribution < -0.4 is 0 Å². The Hall–Kier alpha value is -1.16. The van der Waals surface area contributed by atoms with E-state index in [9.17, 15) is 0 Å². The maximum atomic E-state index is 6.10. The lowest BCUT2D eigenvalue weighted by atomic mass is 9.80. The maximum Gasteiger partial charge on any atom is 0.157 e. The summed E-state index contributed by atoms with van der Waals surface area (Å²) in [4.78, 5) is 0. The van der Waals surface area contributed by atoms with Gasteiger partial charge in [0.25, 0.3) is 0 Å². The van der Waals surface area contributed by atoms with Gasteiger partial charge in [-0.2, -0.15) is 0 Å². The van der Waals surface area contributed by atoms with Crippen molar-refractivity contribution in [2.24, 2.45) is 17.8 Å². The van der Waals surface area contributed by atoms with Crippen LogP contribution >= 0.6 is 0 Å². The molecule has 0 spiro atoms. The first-order valence-corrected chi connectivity index (χ1v) is 14.5. The fourth-order valence-corrected chi connectivity index (χ4v) is 5.97. The maximum absolute atomic E-state index is 6.10. The summed E-state index contributed by atoms with van der Waals surface area (Å²) < 4.78 is 17.6. The standard InChI is InChI=1S/C32H52O3/c1-5-6-7-10-26-15-17-31-21-27(16-18-30(31)20-26)13-14-29-23-34-32(35-24-29)12-9-8-11-28(22-33-4)19-25(2)3/h15,17,20,27-29,32H,2,5-14,16,18-19,21-24H2,1,3-4H3. The molecular formula is C32H52O3. The van der Waals surface area contributed by atoms with Gasteiger partial charge < -0.3 is 14.2 Å². The molecule has 0 radical (unpaired) electrons. The predicted octanol–water partition coefficient (Wildman–Crippen LogP) is 8.08. The van der Waals surface area contributed by atoms with Crippen LogP contribution in [0.3, 0.4) is 0 Å². The summed E-state index contributed by atoms with van der Waals surface area (Å²) in [6.45, 7) is 11.0. The topological polar surface area (TPSA) is 27.7 Å². The van der Waals surface area contributed by atoms with Crippen LogP contribution in [-0.2, 0) is 33.5 Å². The van der Waals surface area contributed by atoms with Crippen LogP contribution in [0, 0.1) is 17.8 Å². The Morgan fingerprint density at radius 2 is 1.83 bits per heavy atom. The lowest BCUT2D eigenvalue weighted by Gasteiger charge is -2.31. The third-order valence-electron chi connectivity index (χ3n) is 8.03. The highest BCUT2D eigenvalue weighted by Crippen LogP contribution is 2.31. The van der Waals surface area contributed by atoms with Crippen LogP contribution in [0.25, 0.3) is 0 Å². The Kier molecular flexibility index (Phi) is 12.9. The summed E-state index contributed by atoms with van der Waals surface area (Å²) in [5.74, 6) is 1.98. The van der Waals surface area contributed by atoms with Crippen molar-refractivity contribution in [3.8, 4) is 0 Å². The minimum Gasteiger partial charge on any atom is -0.384 e. The molecule has 1 aliphatic carbocycles. The fourth-order valence-electron chi connectivity index (χ4n) is 5.97. The number of hydrogen-bond acceptors (Lipinski definition) is 3. The molecule has 2 atom stereocenters. The molecule has 3 rings (SSSR count). The van der Waals surface area contributed by atoms with Gasteiger partial charge in [-0.25, -0.2) is 0 Å². The number of aryl methyl sites for hydroxylation is 2. The summed E-state index contributed by atoms with van der Waals surface area (Å²) in [6.07, 6.45) is 17.3. The van der Waals surface area contributed by atoms with Gasteiger partial charge >= 0.3 is 0 Å². The number of fused-ring (bicyclic) bond motifs is 1. The summed E-state index contributed by atoms with van der Waals surface area (Å²) in [5.41, 5.74) is 6.02. The Balaban J connectivity index is 1.28. The molecular weight excluding hydrogens is 432 g/mol. The van der Waals surface area contributed by atoms with Crippen molar-refractivity contribution >= 4 is 0 Å². The zero-order valence-electron chi connectivity index (χ0n) is 23.0. The van der Waals surface area contributed by atoms with Crippen LogP contribution in [-0.4, -0.2) is 33.2 Å². The monoisotopic (exact) mass is 484 g/mol. The minimum atomic E-state index is 0.00125. The zero-order chi connectivity index (χ0) is 24.9. The summed E-state index contributed by atoms with van der Waals surface area (Å²) in [6, 6.07) is 7.32.